The van der Waals surface area contributed by atoms with Crippen molar-refractivity contribution in [2.75, 3.05) is 13.1 Å². The molecule has 0 unspecified atom stereocenters. The van der Waals surface area contributed by atoms with Crippen molar-refractivity contribution < 1.29 is 9.59 Å². The van der Waals surface area contributed by atoms with Crippen molar-refractivity contribution in [3.63, 3.8) is 0 Å². The molecule has 2 aromatic carbocycles. The molecule has 0 spiro atoms. The minimum atomic E-state index is -0.459. The van der Waals surface area contributed by atoms with E-state index >= 15 is 0 Å². The summed E-state index contributed by atoms with van der Waals surface area (Å²) in [4.78, 5) is 31.6. The van der Waals surface area contributed by atoms with E-state index in [1.54, 1.807) is 17.0 Å². The zero-order chi connectivity index (χ0) is 20.8. The van der Waals surface area contributed by atoms with Crippen LogP contribution in [0.2, 0.25) is 5.02 Å². The van der Waals surface area contributed by atoms with E-state index in [0.29, 0.717) is 29.4 Å². The lowest BCUT2D eigenvalue weighted by Crippen LogP contribution is -2.38. The van der Waals surface area contributed by atoms with Gasteiger partial charge in [-0.3, -0.25) is 9.59 Å². The first-order valence-electron chi connectivity index (χ1n) is 10.3. The molecular weight excluding hydrogens is 384 g/mol. The summed E-state index contributed by atoms with van der Waals surface area (Å²) in [5, 5.41) is 1.39. The lowest BCUT2D eigenvalue weighted by Gasteiger charge is -2.21. The standard InChI is InChI=1S/C24H27ClN2O2/c1-3-5-15-27(16-6-4-2)24(29)23(28)21-19-9-7-8-10-20(19)26-22(21)17-11-13-18(25)14-12-17/h7-14,26H,3-6,15-16H2,1-2H3. The highest BCUT2D eigenvalue weighted by Gasteiger charge is 2.28. The maximum Gasteiger partial charge on any atom is 0.295 e. The Bertz CT molecular complexity index is 984. The number of fused-ring (bicyclic) bond motifs is 1. The summed E-state index contributed by atoms with van der Waals surface area (Å²) >= 11 is 6.03. The fraction of sp³-hybridized carbons (Fsp3) is 0.333. The molecule has 1 N–H and O–H groups in total. The number of hydrogen-bond donors (Lipinski definition) is 1. The zero-order valence-electron chi connectivity index (χ0n) is 17.0. The van der Waals surface area contributed by atoms with Gasteiger partial charge in [0.15, 0.2) is 0 Å². The average molecular weight is 411 g/mol. The largest absolute Gasteiger partial charge is 0.354 e. The van der Waals surface area contributed by atoms with Crippen molar-refractivity contribution in [1.82, 2.24) is 9.88 Å². The first-order chi connectivity index (χ1) is 14.1. The Morgan fingerprint density at radius 2 is 1.55 bits per heavy atom. The molecule has 1 aromatic heterocycles. The maximum atomic E-state index is 13.4. The molecule has 0 aliphatic carbocycles. The summed E-state index contributed by atoms with van der Waals surface area (Å²) < 4.78 is 0. The first-order valence-corrected chi connectivity index (χ1v) is 10.6. The van der Waals surface area contributed by atoms with Gasteiger partial charge in [-0.15, -0.1) is 0 Å². The molecule has 3 rings (SSSR count). The number of carbonyl (C=O) groups excluding carboxylic acids is 2. The molecule has 0 atom stereocenters. The summed E-state index contributed by atoms with van der Waals surface area (Å²) in [6.07, 6.45) is 3.74. The van der Waals surface area contributed by atoms with E-state index in [4.69, 9.17) is 11.6 Å². The molecule has 0 aliphatic rings. The Hall–Kier alpha value is -2.59. The Morgan fingerprint density at radius 3 is 2.17 bits per heavy atom. The van der Waals surface area contributed by atoms with Gasteiger partial charge in [-0.05, 0) is 36.6 Å². The quantitative estimate of drug-likeness (QED) is 0.342. The number of H-pyrrole nitrogens is 1. The smallest absolute Gasteiger partial charge is 0.295 e. The number of nitrogens with one attached hydrogen (secondary N) is 1. The van der Waals surface area contributed by atoms with Crippen LogP contribution < -0.4 is 0 Å². The van der Waals surface area contributed by atoms with E-state index < -0.39 is 11.7 Å². The molecule has 4 nitrogen and oxygen atoms in total. The van der Waals surface area contributed by atoms with E-state index in [2.05, 4.69) is 18.8 Å². The molecule has 3 aromatic rings. The van der Waals surface area contributed by atoms with Crippen LogP contribution in [-0.4, -0.2) is 34.7 Å². The predicted molar refractivity (Wildman–Crippen MR) is 119 cm³/mol. The van der Waals surface area contributed by atoms with Crippen LogP contribution in [0, 0.1) is 0 Å². The molecule has 0 bridgehead atoms. The Morgan fingerprint density at radius 1 is 0.931 bits per heavy atom. The van der Waals surface area contributed by atoms with Gasteiger partial charge in [0.2, 0.25) is 0 Å². The van der Waals surface area contributed by atoms with Gasteiger partial charge >= 0.3 is 0 Å². The third-order valence-corrected chi connectivity index (χ3v) is 5.36. The summed E-state index contributed by atoms with van der Waals surface area (Å²) in [5.41, 5.74) is 2.76. The van der Waals surface area contributed by atoms with Crippen LogP contribution in [0.3, 0.4) is 0 Å². The van der Waals surface area contributed by atoms with Crippen LogP contribution in [0.25, 0.3) is 22.2 Å². The monoisotopic (exact) mass is 410 g/mol. The number of rotatable bonds is 9. The van der Waals surface area contributed by atoms with Crippen molar-refractivity contribution in [3.05, 3.63) is 59.1 Å². The molecule has 0 fully saturated rings. The fourth-order valence-corrected chi connectivity index (χ4v) is 3.60. The van der Waals surface area contributed by atoms with Gasteiger partial charge in [0.25, 0.3) is 11.7 Å². The predicted octanol–water partition coefficient (Wildman–Crippen LogP) is 6.10. The zero-order valence-corrected chi connectivity index (χ0v) is 17.8. The molecule has 1 amide bonds. The number of para-hydroxylation sites is 1. The van der Waals surface area contributed by atoms with Gasteiger partial charge in [0, 0.05) is 29.0 Å². The highest BCUT2D eigenvalue weighted by Crippen LogP contribution is 2.32. The molecule has 29 heavy (non-hydrogen) atoms. The molecule has 5 heteroatoms. The summed E-state index contributed by atoms with van der Waals surface area (Å²) in [7, 11) is 0. The van der Waals surface area contributed by atoms with E-state index in [-0.39, 0.29) is 0 Å². The third kappa shape index (κ3) is 4.70. The molecular formula is C24H27ClN2O2. The van der Waals surface area contributed by atoms with E-state index in [0.717, 1.165) is 42.1 Å². The number of aromatic amines is 1. The molecule has 0 saturated heterocycles. The number of carbonyl (C=O) groups is 2. The number of unbranched alkanes of at least 4 members (excludes halogenated alkanes) is 2. The number of nitrogens with zero attached hydrogens (tertiary/aromatic N) is 1. The number of amides is 1. The SMILES string of the molecule is CCCCN(CCCC)C(=O)C(=O)c1c(-c2ccc(Cl)cc2)[nH]c2ccccc12. The minimum Gasteiger partial charge on any atom is -0.354 e. The van der Waals surface area contributed by atoms with E-state index in [9.17, 15) is 9.59 Å². The highest BCUT2D eigenvalue weighted by atomic mass is 35.5. The van der Waals surface area contributed by atoms with E-state index in [1.807, 2.05) is 36.4 Å². The summed E-state index contributed by atoms with van der Waals surface area (Å²) in [5.74, 6) is -0.883. The van der Waals surface area contributed by atoms with Gasteiger partial charge in [0.05, 0.1) is 11.3 Å². The number of ketones is 1. The highest BCUT2D eigenvalue weighted by molar-refractivity contribution is 6.46. The normalized spacial score (nSPS) is 11.0. The minimum absolute atomic E-state index is 0.424. The van der Waals surface area contributed by atoms with Gasteiger partial charge in [-0.1, -0.05) is 68.6 Å². The lowest BCUT2D eigenvalue weighted by atomic mass is 10.0. The Balaban J connectivity index is 2.04. The number of aromatic nitrogens is 1. The molecule has 0 radical (unpaired) electrons. The van der Waals surface area contributed by atoms with Gasteiger partial charge in [-0.2, -0.15) is 0 Å². The number of hydrogen-bond acceptors (Lipinski definition) is 2. The third-order valence-electron chi connectivity index (χ3n) is 5.11. The van der Waals surface area contributed by atoms with Crippen LogP contribution in [0.1, 0.15) is 49.9 Å². The van der Waals surface area contributed by atoms with Crippen molar-refractivity contribution in [3.8, 4) is 11.3 Å². The van der Waals surface area contributed by atoms with Crippen molar-refractivity contribution >= 4 is 34.2 Å². The Labute approximate surface area is 176 Å². The average Bonchev–Trinajstić information content (AvgIpc) is 3.13. The Kier molecular flexibility index (Phi) is 7.10. The van der Waals surface area contributed by atoms with Crippen molar-refractivity contribution in [2.24, 2.45) is 0 Å². The van der Waals surface area contributed by atoms with Crippen LogP contribution in [0.4, 0.5) is 0 Å². The molecule has 0 saturated carbocycles. The number of benzene rings is 2. The van der Waals surface area contributed by atoms with E-state index in [1.165, 1.54) is 0 Å². The summed E-state index contributed by atoms with van der Waals surface area (Å²) in [6, 6.07) is 14.9. The van der Waals surface area contributed by atoms with Crippen LogP contribution in [0.15, 0.2) is 48.5 Å². The van der Waals surface area contributed by atoms with Crippen LogP contribution in [-0.2, 0) is 4.79 Å². The second-order valence-electron chi connectivity index (χ2n) is 7.26. The lowest BCUT2D eigenvalue weighted by molar-refractivity contribution is -0.126. The summed E-state index contributed by atoms with van der Waals surface area (Å²) in [6.45, 7) is 5.39. The first kappa shape index (κ1) is 21.1. The second-order valence-corrected chi connectivity index (χ2v) is 7.69. The van der Waals surface area contributed by atoms with Crippen LogP contribution >= 0.6 is 11.6 Å². The van der Waals surface area contributed by atoms with Crippen molar-refractivity contribution in [1.29, 1.82) is 0 Å². The van der Waals surface area contributed by atoms with Crippen molar-refractivity contribution in [2.45, 2.75) is 39.5 Å². The number of halogens is 1. The molecule has 0 aliphatic heterocycles. The van der Waals surface area contributed by atoms with Crippen LogP contribution in [0.5, 0.6) is 0 Å². The van der Waals surface area contributed by atoms with Gasteiger partial charge in [0.1, 0.15) is 0 Å². The maximum absolute atomic E-state index is 13.4. The molecule has 1 heterocycles. The molecule has 152 valence electrons. The second kappa shape index (κ2) is 9.75. The van der Waals surface area contributed by atoms with Gasteiger partial charge < -0.3 is 9.88 Å². The fourth-order valence-electron chi connectivity index (χ4n) is 3.47. The topological polar surface area (TPSA) is 53.2 Å². The van der Waals surface area contributed by atoms with Gasteiger partial charge in [-0.25, -0.2) is 0 Å². The number of Topliss-reactive ketones (excluding diaryl/α,β-unsaturated/α-hetero) is 1.